The second-order valence-electron chi connectivity index (χ2n) is 7.06. The molecule has 6 heteroatoms. The maximum absolute atomic E-state index is 13.7. The summed E-state index contributed by atoms with van der Waals surface area (Å²) in [6.45, 7) is 6.37. The summed E-state index contributed by atoms with van der Waals surface area (Å²) < 4.78 is 19.1. The molecule has 1 aliphatic carbocycles. The van der Waals surface area contributed by atoms with E-state index in [0.29, 0.717) is 23.7 Å². The first-order valence-corrected chi connectivity index (χ1v) is 8.23. The Labute approximate surface area is 141 Å². The van der Waals surface area contributed by atoms with Gasteiger partial charge in [0.15, 0.2) is 0 Å². The van der Waals surface area contributed by atoms with Crippen LogP contribution in [-0.2, 0) is 11.3 Å². The molecule has 0 radical (unpaired) electrons. The highest BCUT2D eigenvalue weighted by Gasteiger charge is 2.39. The molecule has 0 aliphatic heterocycles. The van der Waals surface area contributed by atoms with Crippen LogP contribution in [0.15, 0.2) is 18.2 Å². The van der Waals surface area contributed by atoms with E-state index in [1.54, 1.807) is 12.1 Å². The van der Waals surface area contributed by atoms with Gasteiger partial charge in [-0.05, 0) is 52.2 Å². The molecule has 2 rings (SSSR count). The van der Waals surface area contributed by atoms with Crippen molar-refractivity contribution in [2.45, 2.75) is 57.7 Å². The van der Waals surface area contributed by atoms with Gasteiger partial charge in [0, 0.05) is 23.7 Å². The number of hydrogen-bond donors (Lipinski definition) is 2. The molecule has 0 aromatic heterocycles. The number of nitrogens with one attached hydrogen (secondary N) is 2. The van der Waals surface area contributed by atoms with E-state index in [-0.39, 0.29) is 11.4 Å². The molecular formula is C17H24ClFN2O2. The number of carbonyl (C=O) groups excluding carboxylic acids is 1. The van der Waals surface area contributed by atoms with Gasteiger partial charge in [0.1, 0.15) is 11.4 Å². The minimum Gasteiger partial charge on any atom is -0.444 e. The summed E-state index contributed by atoms with van der Waals surface area (Å²) in [4.78, 5) is 12.0. The van der Waals surface area contributed by atoms with Gasteiger partial charge in [-0.25, -0.2) is 9.18 Å². The maximum Gasteiger partial charge on any atom is 0.408 e. The average molecular weight is 343 g/mol. The van der Waals surface area contributed by atoms with E-state index in [0.717, 1.165) is 19.3 Å². The Kier molecular flexibility index (Phi) is 5.53. The fourth-order valence-corrected chi connectivity index (χ4v) is 2.83. The average Bonchev–Trinajstić information content (AvgIpc) is 2.36. The lowest BCUT2D eigenvalue weighted by molar-refractivity contribution is 0.0382. The van der Waals surface area contributed by atoms with Gasteiger partial charge in [-0.3, -0.25) is 0 Å². The number of ether oxygens (including phenoxy) is 1. The number of carbonyl (C=O) groups is 1. The molecule has 0 heterocycles. The molecular weight excluding hydrogens is 319 g/mol. The molecule has 1 amide bonds. The lowest BCUT2D eigenvalue weighted by Gasteiger charge is -2.42. The SMILES string of the molecule is CC(C)(C)OC(=O)NC1(CNCc2c(F)cccc2Cl)CCC1. The molecule has 4 nitrogen and oxygen atoms in total. The number of rotatable bonds is 5. The fourth-order valence-electron chi connectivity index (χ4n) is 2.60. The topological polar surface area (TPSA) is 50.4 Å². The van der Waals surface area contributed by atoms with Gasteiger partial charge in [0.25, 0.3) is 0 Å². The summed E-state index contributed by atoms with van der Waals surface area (Å²) >= 11 is 6.01. The van der Waals surface area contributed by atoms with E-state index in [1.807, 2.05) is 20.8 Å². The van der Waals surface area contributed by atoms with Crippen LogP contribution in [-0.4, -0.2) is 23.8 Å². The molecule has 0 atom stereocenters. The standard InChI is InChI=1S/C17H24ClFN2O2/c1-16(2,3)23-15(22)21-17(8-5-9-17)11-20-10-12-13(18)6-4-7-14(12)19/h4,6-7,20H,5,8-11H2,1-3H3,(H,21,22). The lowest BCUT2D eigenvalue weighted by atomic mass is 9.76. The summed E-state index contributed by atoms with van der Waals surface area (Å²) in [5, 5.41) is 6.55. The van der Waals surface area contributed by atoms with Crippen LogP contribution in [0.25, 0.3) is 0 Å². The zero-order chi connectivity index (χ0) is 17.1. The molecule has 0 unspecified atom stereocenters. The summed E-state index contributed by atoms with van der Waals surface area (Å²) in [5.74, 6) is -0.326. The van der Waals surface area contributed by atoms with Crippen molar-refractivity contribution >= 4 is 17.7 Å². The van der Waals surface area contributed by atoms with E-state index in [4.69, 9.17) is 16.3 Å². The van der Waals surface area contributed by atoms with Crippen molar-refractivity contribution in [2.75, 3.05) is 6.54 Å². The molecule has 1 fully saturated rings. The number of benzene rings is 1. The summed E-state index contributed by atoms with van der Waals surface area (Å²) in [7, 11) is 0. The smallest absolute Gasteiger partial charge is 0.408 e. The van der Waals surface area contributed by atoms with E-state index in [1.165, 1.54) is 6.07 Å². The monoisotopic (exact) mass is 342 g/mol. The summed E-state index contributed by atoms with van der Waals surface area (Å²) in [6.07, 6.45) is 2.40. The molecule has 1 aromatic carbocycles. The van der Waals surface area contributed by atoms with E-state index in [2.05, 4.69) is 10.6 Å². The van der Waals surface area contributed by atoms with Gasteiger partial charge in [-0.15, -0.1) is 0 Å². The summed E-state index contributed by atoms with van der Waals surface area (Å²) in [6, 6.07) is 4.64. The van der Waals surface area contributed by atoms with E-state index in [9.17, 15) is 9.18 Å². The van der Waals surface area contributed by atoms with Crippen molar-refractivity contribution in [2.24, 2.45) is 0 Å². The highest BCUT2D eigenvalue weighted by Crippen LogP contribution is 2.32. The molecule has 0 saturated heterocycles. The highest BCUT2D eigenvalue weighted by atomic mass is 35.5. The van der Waals surface area contributed by atoms with Crippen molar-refractivity contribution in [1.29, 1.82) is 0 Å². The zero-order valence-corrected chi connectivity index (χ0v) is 14.6. The van der Waals surface area contributed by atoms with Gasteiger partial charge in [-0.2, -0.15) is 0 Å². The van der Waals surface area contributed by atoms with Gasteiger partial charge < -0.3 is 15.4 Å². The minimum absolute atomic E-state index is 0.319. The largest absolute Gasteiger partial charge is 0.444 e. The molecule has 128 valence electrons. The van der Waals surface area contributed by atoms with E-state index < -0.39 is 11.7 Å². The Bertz CT molecular complexity index is 548. The Morgan fingerprint density at radius 1 is 1.39 bits per heavy atom. The van der Waals surface area contributed by atoms with Crippen LogP contribution >= 0.6 is 11.6 Å². The molecule has 1 saturated carbocycles. The van der Waals surface area contributed by atoms with Gasteiger partial charge >= 0.3 is 6.09 Å². The number of halogens is 2. The number of alkyl carbamates (subject to hydrolysis) is 1. The highest BCUT2D eigenvalue weighted by molar-refractivity contribution is 6.31. The van der Waals surface area contributed by atoms with Gasteiger partial charge in [-0.1, -0.05) is 17.7 Å². The third kappa shape index (κ3) is 5.08. The third-order valence-corrected chi connectivity index (χ3v) is 4.26. The third-order valence-electron chi connectivity index (χ3n) is 3.90. The van der Waals surface area contributed by atoms with Crippen molar-refractivity contribution in [1.82, 2.24) is 10.6 Å². The van der Waals surface area contributed by atoms with E-state index >= 15 is 0 Å². The summed E-state index contributed by atoms with van der Waals surface area (Å²) in [5.41, 5.74) is -0.399. The Morgan fingerprint density at radius 3 is 2.61 bits per heavy atom. The second kappa shape index (κ2) is 7.05. The van der Waals surface area contributed by atoms with Crippen LogP contribution in [0, 0.1) is 5.82 Å². The van der Waals surface area contributed by atoms with Crippen LogP contribution < -0.4 is 10.6 Å². The van der Waals surface area contributed by atoms with Crippen molar-refractivity contribution in [3.63, 3.8) is 0 Å². The molecule has 1 aromatic rings. The molecule has 23 heavy (non-hydrogen) atoms. The molecule has 0 bridgehead atoms. The van der Waals surface area contributed by atoms with Crippen LogP contribution in [0.3, 0.4) is 0 Å². The Hall–Kier alpha value is -1.33. The minimum atomic E-state index is -0.525. The second-order valence-corrected chi connectivity index (χ2v) is 7.47. The van der Waals surface area contributed by atoms with Crippen LogP contribution in [0.1, 0.15) is 45.6 Å². The zero-order valence-electron chi connectivity index (χ0n) is 13.8. The van der Waals surface area contributed by atoms with Gasteiger partial charge in [0.2, 0.25) is 0 Å². The molecule has 2 N–H and O–H groups in total. The van der Waals surface area contributed by atoms with Crippen molar-refractivity contribution < 1.29 is 13.9 Å². The molecule has 1 aliphatic rings. The first-order valence-electron chi connectivity index (χ1n) is 7.86. The normalized spacial score (nSPS) is 16.6. The Balaban J connectivity index is 1.88. The first-order chi connectivity index (χ1) is 10.7. The molecule has 0 spiro atoms. The predicted molar refractivity (Wildman–Crippen MR) is 89.1 cm³/mol. The quantitative estimate of drug-likeness (QED) is 0.849. The fraction of sp³-hybridized carbons (Fsp3) is 0.588. The first kappa shape index (κ1) is 18.0. The van der Waals surface area contributed by atoms with Gasteiger partial charge in [0.05, 0.1) is 5.54 Å². The predicted octanol–water partition coefficient (Wildman–Crippen LogP) is 4.02. The maximum atomic E-state index is 13.7. The Morgan fingerprint density at radius 2 is 2.09 bits per heavy atom. The van der Waals surface area contributed by atoms with Crippen molar-refractivity contribution in [3.8, 4) is 0 Å². The number of amides is 1. The van der Waals surface area contributed by atoms with Crippen LogP contribution in [0.2, 0.25) is 5.02 Å². The number of hydrogen-bond acceptors (Lipinski definition) is 3. The van der Waals surface area contributed by atoms with Crippen LogP contribution in [0.5, 0.6) is 0 Å². The van der Waals surface area contributed by atoms with Crippen LogP contribution in [0.4, 0.5) is 9.18 Å². The van der Waals surface area contributed by atoms with Crippen molar-refractivity contribution in [3.05, 3.63) is 34.6 Å². The lowest BCUT2D eigenvalue weighted by Crippen LogP contribution is -2.59.